The molecule has 1 heteroatoms. The Hall–Kier alpha value is -7.22. The van der Waals surface area contributed by atoms with Crippen LogP contribution in [0.25, 0.3) is 44.5 Å². The summed E-state index contributed by atoms with van der Waals surface area (Å²) in [7, 11) is 0. The molecule has 0 saturated carbocycles. The largest absolute Gasteiger partial charge is 0.310 e. The molecule has 280 valence electrons. The molecule has 0 spiro atoms. The van der Waals surface area contributed by atoms with Gasteiger partial charge in [0.25, 0.3) is 0 Å². The number of anilines is 3. The number of fused-ring (bicyclic) bond motifs is 6. The smallest absolute Gasteiger partial charge is 0.0540 e. The van der Waals surface area contributed by atoms with Crippen molar-refractivity contribution in [1.29, 1.82) is 0 Å². The maximum absolute atomic E-state index is 2.48. The third-order valence-electron chi connectivity index (χ3n) is 13.2. The third-order valence-corrected chi connectivity index (χ3v) is 13.2. The molecule has 2 atom stereocenters. The van der Waals surface area contributed by atoms with E-state index in [0.717, 1.165) is 17.1 Å². The van der Waals surface area contributed by atoms with E-state index in [2.05, 4.69) is 243 Å². The van der Waals surface area contributed by atoms with Gasteiger partial charge < -0.3 is 4.90 Å². The molecule has 0 amide bonds. The van der Waals surface area contributed by atoms with Crippen molar-refractivity contribution in [2.24, 2.45) is 0 Å². The minimum absolute atomic E-state index is 0.293. The first kappa shape index (κ1) is 35.0. The molecule has 0 heterocycles. The molecular formula is C58H43N. The molecule has 0 fully saturated rings. The molecule has 2 aliphatic rings. The van der Waals surface area contributed by atoms with Gasteiger partial charge in [-0.05, 0) is 123 Å². The Labute approximate surface area is 347 Å². The van der Waals surface area contributed by atoms with Gasteiger partial charge in [-0.3, -0.25) is 0 Å². The van der Waals surface area contributed by atoms with Crippen LogP contribution < -0.4 is 4.90 Å². The summed E-state index contributed by atoms with van der Waals surface area (Å²) in [5.74, 6) is 0. The second kappa shape index (κ2) is 13.7. The summed E-state index contributed by atoms with van der Waals surface area (Å²) in [6, 6.07) is 82.9. The van der Waals surface area contributed by atoms with Crippen molar-refractivity contribution in [3.8, 4) is 44.5 Å². The monoisotopic (exact) mass is 753 g/mol. The summed E-state index contributed by atoms with van der Waals surface area (Å²) >= 11 is 0. The van der Waals surface area contributed by atoms with Gasteiger partial charge in [0.2, 0.25) is 0 Å². The number of hydrogen-bond donors (Lipinski definition) is 0. The maximum atomic E-state index is 2.48. The lowest BCUT2D eigenvalue weighted by atomic mass is 9.74. The lowest BCUT2D eigenvalue weighted by Crippen LogP contribution is -2.23. The van der Waals surface area contributed by atoms with Gasteiger partial charge in [-0.2, -0.15) is 0 Å². The zero-order valence-electron chi connectivity index (χ0n) is 33.3. The van der Waals surface area contributed by atoms with Gasteiger partial charge in [-0.15, -0.1) is 0 Å². The summed E-state index contributed by atoms with van der Waals surface area (Å²) in [6.07, 6.45) is 0. The van der Waals surface area contributed by atoms with E-state index in [1.54, 1.807) is 0 Å². The van der Waals surface area contributed by atoms with Crippen molar-refractivity contribution in [1.82, 2.24) is 0 Å². The molecular weight excluding hydrogens is 711 g/mol. The fraction of sp³-hybridized carbons (Fsp3) is 0.0690. The van der Waals surface area contributed by atoms with E-state index >= 15 is 0 Å². The summed E-state index contributed by atoms with van der Waals surface area (Å²) in [5, 5.41) is 0. The molecule has 0 bridgehead atoms. The molecule has 11 rings (SSSR count). The average Bonchev–Trinajstić information content (AvgIpc) is 3.73. The van der Waals surface area contributed by atoms with Crippen LogP contribution in [0.1, 0.15) is 47.2 Å². The Morgan fingerprint density at radius 2 is 0.746 bits per heavy atom. The lowest BCUT2D eigenvalue weighted by molar-refractivity contribution is 0.714. The molecule has 0 aliphatic heterocycles. The summed E-state index contributed by atoms with van der Waals surface area (Å²) in [6.45, 7) is 4.80. The van der Waals surface area contributed by atoms with Crippen LogP contribution >= 0.6 is 0 Å². The Kier molecular flexibility index (Phi) is 8.13. The van der Waals surface area contributed by atoms with E-state index < -0.39 is 0 Å². The van der Waals surface area contributed by atoms with Crippen molar-refractivity contribution in [3.63, 3.8) is 0 Å². The normalized spacial score (nSPS) is 17.1. The highest BCUT2D eigenvalue weighted by molar-refractivity contribution is 5.93. The number of hydrogen-bond acceptors (Lipinski definition) is 1. The Morgan fingerprint density at radius 1 is 0.288 bits per heavy atom. The van der Waals surface area contributed by atoms with Crippen molar-refractivity contribution < 1.29 is 0 Å². The zero-order chi connectivity index (χ0) is 39.6. The molecule has 2 aliphatic carbocycles. The van der Waals surface area contributed by atoms with Crippen LogP contribution in [0.2, 0.25) is 0 Å². The minimum atomic E-state index is -0.322. The van der Waals surface area contributed by atoms with Crippen LogP contribution in [-0.2, 0) is 10.8 Å². The van der Waals surface area contributed by atoms with Gasteiger partial charge in [0.15, 0.2) is 0 Å². The van der Waals surface area contributed by atoms with Gasteiger partial charge in [0.05, 0.1) is 5.69 Å². The van der Waals surface area contributed by atoms with E-state index in [1.807, 2.05) is 0 Å². The second-order valence-corrected chi connectivity index (χ2v) is 16.3. The fourth-order valence-electron chi connectivity index (χ4n) is 10.2. The van der Waals surface area contributed by atoms with E-state index in [0.29, 0.717) is 0 Å². The number of rotatable bonds is 7. The van der Waals surface area contributed by atoms with Crippen LogP contribution in [0.4, 0.5) is 17.1 Å². The Bertz CT molecular complexity index is 3020. The average molecular weight is 754 g/mol. The van der Waals surface area contributed by atoms with Crippen molar-refractivity contribution in [3.05, 3.63) is 258 Å². The molecule has 9 aromatic rings. The number of para-hydroxylation sites is 1. The van der Waals surface area contributed by atoms with Crippen LogP contribution in [0, 0.1) is 0 Å². The highest BCUT2D eigenvalue weighted by atomic mass is 15.1. The van der Waals surface area contributed by atoms with E-state index in [9.17, 15) is 0 Å². The van der Waals surface area contributed by atoms with Gasteiger partial charge in [-0.1, -0.05) is 188 Å². The summed E-state index contributed by atoms with van der Waals surface area (Å²) in [5.41, 5.74) is 20.7. The molecule has 1 nitrogen and oxygen atoms in total. The predicted molar refractivity (Wildman–Crippen MR) is 247 cm³/mol. The molecule has 0 saturated heterocycles. The van der Waals surface area contributed by atoms with E-state index in [-0.39, 0.29) is 10.8 Å². The zero-order valence-corrected chi connectivity index (χ0v) is 33.3. The number of benzene rings is 9. The number of nitrogens with zero attached hydrogens (tertiary/aromatic N) is 1. The third kappa shape index (κ3) is 5.39. The predicted octanol–water partition coefficient (Wildman–Crippen LogP) is 15.2. The lowest BCUT2D eigenvalue weighted by Gasteiger charge is -2.32. The minimum Gasteiger partial charge on any atom is -0.310 e. The second-order valence-electron chi connectivity index (χ2n) is 16.3. The van der Waals surface area contributed by atoms with Crippen LogP contribution in [0.15, 0.2) is 224 Å². The Balaban J connectivity index is 1.13. The van der Waals surface area contributed by atoms with Crippen LogP contribution in [0.3, 0.4) is 0 Å². The van der Waals surface area contributed by atoms with Gasteiger partial charge >= 0.3 is 0 Å². The van der Waals surface area contributed by atoms with Crippen LogP contribution in [0.5, 0.6) is 0 Å². The molecule has 0 N–H and O–H groups in total. The van der Waals surface area contributed by atoms with Crippen molar-refractivity contribution in [2.45, 2.75) is 24.7 Å². The molecule has 0 aromatic heterocycles. The maximum Gasteiger partial charge on any atom is 0.0540 e. The highest BCUT2D eigenvalue weighted by Crippen LogP contribution is 2.56. The molecule has 59 heavy (non-hydrogen) atoms. The topological polar surface area (TPSA) is 3.24 Å². The summed E-state index contributed by atoms with van der Waals surface area (Å²) < 4.78 is 0. The molecule has 2 unspecified atom stereocenters. The van der Waals surface area contributed by atoms with E-state index in [4.69, 9.17) is 0 Å². The fourth-order valence-corrected chi connectivity index (χ4v) is 10.2. The highest BCUT2D eigenvalue weighted by Gasteiger charge is 2.42. The first-order valence-electron chi connectivity index (χ1n) is 20.7. The first-order chi connectivity index (χ1) is 29.0. The van der Waals surface area contributed by atoms with Crippen molar-refractivity contribution in [2.75, 3.05) is 4.90 Å². The van der Waals surface area contributed by atoms with E-state index in [1.165, 1.54) is 77.9 Å². The Morgan fingerprint density at radius 3 is 1.37 bits per heavy atom. The quantitative estimate of drug-likeness (QED) is 0.157. The van der Waals surface area contributed by atoms with Crippen LogP contribution in [-0.4, -0.2) is 0 Å². The van der Waals surface area contributed by atoms with Gasteiger partial charge in [0, 0.05) is 27.8 Å². The first-order valence-corrected chi connectivity index (χ1v) is 20.7. The molecule has 9 aromatic carbocycles. The van der Waals surface area contributed by atoms with Gasteiger partial charge in [-0.25, -0.2) is 0 Å². The summed E-state index contributed by atoms with van der Waals surface area (Å²) in [4.78, 5) is 2.48. The van der Waals surface area contributed by atoms with Crippen molar-refractivity contribution >= 4 is 17.1 Å². The SMILES string of the molecule is CC1(c2ccccc2)c2ccccc2-c2ccc(-c3ccccc3N(c3cccc(-c4ccccc4)c3)c3ccc4c(c3)C(C)(c3ccccc3)c3ccccc3-4)cc21. The molecule has 0 radical (unpaired) electrons. The standard InChI is InChI=1S/C58H43N/c1-57(43-22-8-4-9-23-43)52-30-15-12-28-48(52)50-35-33-42(38-54(50)57)47-27-14-17-32-56(47)59(45-26-18-21-41(37-45)40-19-6-3-7-20-40)46-34-36-51-49-29-13-16-31-53(49)58(2,55(51)39-46)44-24-10-5-11-25-44/h3-39H,1-2H3. The van der Waals surface area contributed by atoms with Gasteiger partial charge in [0.1, 0.15) is 0 Å².